The van der Waals surface area contributed by atoms with Crippen LogP contribution in [0.3, 0.4) is 0 Å². The number of ether oxygens (including phenoxy) is 1. The van der Waals surface area contributed by atoms with Crippen molar-refractivity contribution in [2.24, 2.45) is 0 Å². The Balaban J connectivity index is 1.34. The first-order valence-corrected chi connectivity index (χ1v) is 15.7. The van der Waals surface area contributed by atoms with Gasteiger partial charge in [0.05, 0.1) is 41.3 Å². The highest BCUT2D eigenvalue weighted by Crippen LogP contribution is 2.41. The molecular weight excluding hydrogens is 637 g/mol. The number of alkyl halides is 3. The molecule has 2 aromatic carbocycles. The molecule has 1 aromatic heterocycles. The maximum Gasteiger partial charge on any atom is 0.418 e. The maximum atomic E-state index is 14.0. The number of likely N-dealkylation sites (tertiary alicyclic amines) is 1. The number of halogens is 4. The fraction of sp³-hybridized carbons (Fsp3) is 0.394. The summed E-state index contributed by atoms with van der Waals surface area (Å²) in [5.41, 5.74) is 0.621. The van der Waals surface area contributed by atoms with Gasteiger partial charge in [-0.3, -0.25) is 14.5 Å². The van der Waals surface area contributed by atoms with Crippen LogP contribution in [-0.4, -0.2) is 90.6 Å². The fourth-order valence-electron chi connectivity index (χ4n) is 6.55. The minimum absolute atomic E-state index is 0.0120. The van der Waals surface area contributed by atoms with Gasteiger partial charge in [-0.05, 0) is 56.3 Å². The molecule has 3 fully saturated rings. The van der Waals surface area contributed by atoms with Crippen LogP contribution >= 0.6 is 11.6 Å². The molecule has 3 aliphatic heterocycles. The van der Waals surface area contributed by atoms with E-state index in [1.807, 2.05) is 43.0 Å². The number of anilines is 2. The molecule has 47 heavy (non-hydrogen) atoms. The Morgan fingerprint density at radius 1 is 1.02 bits per heavy atom. The number of hydrogen-bond acceptors (Lipinski definition) is 6. The molecule has 4 heterocycles. The Labute approximate surface area is 275 Å². The maximum absolute atomic E-state index is 14.0. The normalized spacial score (nSPS) is 21.4. The third-order valence-electron chi connectivity index (χ3n) is 8.80. The summed E-state index contributed by atoms with van der Waals surface area (Å²) >= 11 is 5.89. The first-order chi connectivity index (χ1) is 22.3. The fourth-order valence-corrected chi connectivity index (χ4v) is 6.73. The molecule has 248 valence electrons. The van der Waals surface area contributed by atoms with Crippen LogP contribution in [0.15, 0.2) is 54.6 Å². The van der Waals surface area contributed by atoms with Crippen molar-refractivity contribution in [3.8, 4) is 17.0 Å². The highest BCUT2D eigenvalue weighted by Gasteiger charge is 2.47. The first-order valence-electron chi connectivity index (χ1n) is 15.3. The van der Waals surface area contributed by atoms with E-state index in [-0.39, 0.29) is 54.4 Å². The molecule has 3 saturated heterocycles. The van der Waals surface area contributed by atoms with E-state index in [0.29, 0.717) is 35.8 Å². The summed E-state index contributed by atoms with van der Waals surface area (Å²) < 4.78 is 47.7. The van der Waals surface area contributed by atoms with Crippen LogP contribution in [0, 0.1) is 0 Å². The number of para-hydroxylation sites is 1. The number of pyridine rings is 1. The standard InChI is InChI=1S/C33H34ClF3N6O4/c1-4-47-28-8-6-5-7-23(28)25-10-12-27(30(39-25)31(45)38-21-14-29(44)40(3)16-21)41-17-22-18-43(32(46)42(22)15-19(41)2)26-11-9-20(34)13-24(26)33(35,36)37/h5-13,19,21-22H,4,14-18H2,1-3H3,(H,38,45)/t19-,21-,22+/m1/s1. The number of hydrogen-bond donors (Lipinski definition) is 1. The third kappa shape index (κ3) is 6.28. The zero-order valence-electron chi connectivity index (χ0n) is 26.1. The second-order valence-corrected chi connectivity index (χ2v) is 12.4. The number of piperazine rings is 1. The number of carbonyl (C=O) groups is 3. The van der Waals surface area contributed by atoms with E-state index < -0.39 is 35.8 Å². The van der Waals surface area contributed by atoms with Gasteiger partial charge in [0.25, 0.3) is 5.91 Å². The predicted molar refractivity (Wildman–Crippen MR) is 171 cm³/mol. The molecule has 3 aromatic rings. The van der Waals surface area contributed by atoms with Crippen LogP contribution in [0.2, 0.25) is 5.02 Å². The summed E-state index contributed by atoms with van der Waals surface area (Å²) in [5, 5.41) is 2.88. The van der Waals surface area contributed by atoms with E-state index >= 15 is 0 Å². The minimum Gasteiger partial charge on any atom is -0.493 e. The van der Waals surface area contributed by atoms with Crippen molar-refractivity contribution in [3.05, 3.63) is 70.9 Å². The van der Waals surface area contributed by atoms with Gasteiger partial charge in [0, 0.05) is 56.3 Å². The molecule has 14 heteroatoms. The Hall–Kier alpha value is -4.52. The molecule has 0 bridgehead atoms. The largest absolute Gasteiger partial charge is 0.493 e. The molecular formula is C33H34ClF3N6O4. The molecule has 0 unspecified atom stereocenters. The predicted octanol–water partition coefficient (Wildman–Crippen LogP) is 5.30. The number of likely N-dealkylation sites (N-methyl/N-ethyl adjacent to an activating group) is 1. The lowest BCUT2D eigenvalue weighted by molar-refractivity contribution is -0.137. The van der Waals surface area contributed by atoms with Crippen LogP contribution < -0.4 is 19.9 Å². The van der Waals surface area contributed by atoms with Crippen molar-refractivity contribution in [2.75, 3.05) is 49.6 Å². The first kappa shape index (κ1) is 32.4. The molecule has 0 radical (unpaired) electrons. The number of aromatic nitrogens is 1. The SMILES string of the molecule is CCOc1ccccc1-c1ccc(N2C[C@H]3CN(c4ccc(Cl)cc4C(F)(F)F)C(=O)N3C[C@H]2C)c(C(=O)N[C@@H]2CC(=O)N(C)C2)n1. The van der Waals surface area contributed by atoms with Crippen LogP contribution in [0.4, 0.5) is 29.3 Å². The summed E-state index contributed by atoms with van der Waals surface area (Å²) in [7, 11) is 1.68. The lowest BCUT2D eigenvalue weighted by atomic mass is 10.0. The summed E-state index contributed by atoms with van der Waals surface area (Å²) in [5.74, 6) is 0.0765. The number of amides is 4. The Kier molecular flexibility index (Phi) is 8.68. The lowest BCUT2D eigenvalue weighted by Crippen LogP contribution is -2.57. The Morgan fingerprint density at radius 2 is 1.77 bits per heavy atom. The van der Waals surface area contributed by atoms with Crippen LogP contribution in [0.5, 0.6) is 5.75 Å². The van der Waals surface area contributed by atoms with E-state index in [2.05, 4.69) is 5.32 Å². The van der Waals surface area contributed by atoms with Gasteiger partial charge in [0.1, 0.15) is 5.75 Å². The molecule has 6 rings (SSSR count). The van der Waals surface area contributed by atoms with Gasteiger partial charge in [-0.15, -0.1) is 0 Å². The molecule has 4 amide bonds. The number of fused-ring (bicyclic) bond motifs is 1. The average molecular weight is 671 g/mol. The smallest absolute Gasteiger partial charge is 0.418 e. The molecule has 3 aliphatic rings. The van der Waals surface area contributed by atoms with Crippen molar-refractivity contribution in [1.82, 2.24) is 20.1 Å². The van der Waals surface area contributed by atoms with Gasteiger partial charge in [-0.1, -0.05) is 23.7 Å². The van der Waals surface area contributed by atoms with Gasteiger partial charge in [0.2, 0.25) is 5.91 Å². The van der Waals surface area contributed by atoms with Crippen molar-refractivity contribution >= 4 is 40.8 Å². The third-order valence-corrected chi connectivity index (χ3v) is 9.04. The molecule has 0 saturated carbocycles. The van der Waals surface area contributed by atoms with E-state index in [1.165, 1.54) is 12.1 Å². The van der Waals surface area contributed by atoms with Crippen LogP contribution in [0.25, 0.3) is 11.3 Å². The number of rotatable bonds is 7. The van der Waals surface area contributed by atoms with E-state index in [4.69, 9.17) is 21.3 Å². The number of urea groups is 1. The van der Waals surface area contributed by atoms with Gasteiger partial charge < -0.3 is 24.8 Å². The molecule has 0 spiro atoms. The second-order valence-electron chi connectivity index (χ2n) is 12.0. The minimum atomic E-state index is -4.71. The zero-order valence-corrected chi connectivity index (χ0v) is 26.8. The lowest BCUT2D eigenvalue weighted by Gasteiger charge is -2.43. The topological polar surface area (TPSA) is 98.3 Å². The second kappa shape index (κ2) is 12.6. The van der Waals surface area contributed by atoms with Crippen molar-refractivity contribution in [1.29, 1.82) is 0 Å². The van der Waals surface area contributed by atoms with E-state index in [1.54, 1.807) is 29.0 Å². The Morgan fingerprint density at radius 3 is 2.47 bits per heavy atom. The van der Waals surface area contributed by atoms with Crippen LogP contribution in [-0.2, 0) is 11.0 Å². The van der Waals surface area contributed by atoms with Crippen LogP contribution in [0.1, 0.15) is 36.3 Å². The summed E-state index contributed by atoms with van der Waals surface area (Å²) in [4.78, 5) is 50.7. The summed E-state index contributed by atoms with van der Waals surface area (Å²) in [6, 6.07) is 12.7. The Bertz CT molecular complexity index is 1720. The zero-order chi connectivity index (χ0) is 33.6. The average Bonchev–Trinajstić information content (AvgIpc) is 3.52. The number of carbonyl (C=O) groups excluding carboxylic acids is 3. The number of benzene rings is 2. The van der Waals surface area contributed by atoms with Gasteiger partial charge >= 0.3 is 12.2 Å². The summed E-state index contributed by atoms with van der Waals surface area (Å²) in [6.45, 7) is 5.04. The van der Waals surface area contributed by atoms with Crippen molar-refractivity contribution in [2.45, 2.75) is 44.6 Å². The number of nitrogens with one attached hydrogen (secondary N) is 1. The van der Waals surface area contributed by atoms with Gasteiger partial charge in [-0.2, -0.15) is 13.2 Å². The van der Waals surface area contributed by atoms with E-state index in [0.717, 1.165) is 11.0 Å². The molecule has 1 N–H and O–H groups in total. The van der Waals surface area contributed by atoms with Crippen molar-refractivity contribution in [3.63, 3.8) is 0 Å². The highest BCUT2D eigenvalue weighted by molar-refractivity contribution is 6.30. The van der Waals surface area contributed by atoms with Gasteiger partial charge in [-0.25, -0.2) is 9.78 Å². The van der Waals surface area contributed by atoms with Crippen molar-refractivity contribution < 1.29 is 32.3 Å². The highest BCUT2D eigenvalue weighted by atomic mass is 35.5. The van der Waals surface area contributed by atoms with E-state index in [9.17, 15) is 27.6 Å². The number of nitrogens with zero attached hydrogens (tertiary/aromatic N) is 5. The van der Waals surface area contributed by atoms with Gasteiger partial charge in [0.15, 0.2) is 5.69 Å². The molecule has 10 nitrogen and oxygen atoms in total. The summed E-state index contributed by atoms with van der Waals surface area (Å²) in [6.07, 6.45) is -4.54. The molecule has 3 atom stereocenters. The molecule has 0 aliphatic carbocycles. The quantitative estimate of drug-likeness (QED) is 0.367. The monoisotopic (exact) mass is 670 g/mol.